The summed E-state index contributed by atoms with van der Waals surface area (Å²) in [6.07, 6.45) is 3.00. The number of likely N-dealkylation sites (N-methyl/N-ethyl adjacent to an activating group) is 1. The second kappa shape index (κ2) is 10.1. The minimum atomic E-state index is -0.537. The van der Waals surface area contributed by atoms with Crippen molar-refractivity contribution < 1.29 is 14.3 Å². The van der Waals surface area contributed by atoms with Gasteiger partial charge in [-0.1, -0.05) is 13.0 Å². The molecule has 2 heterocycles. The van der Waals surface area contributed by atoms with Crippen molar-refractivity contribution >= 4 is 40.7 Å². The Hall–Kier alpha value is -2.64. The van der Waals surface area contributed by atoms with Crippen molar-refractivity contribution in [1.29, 1.82) is 0 Å². The molecule has 1 N–H and O–H groups in total. The average Bonchev–Trinajstić information content (AvgIpc) is 3.25. The smallest absolute Gasteiger partial charge is 0.331 e. The van der Waals surface area contributed by atoms with E-state index in [0.717, 1.165) is 43.3 Å². The number of esters is 1. The normalized spacial score (nSPS) is 15.0. The fraction of sp³-hybridized carbons (Fsp3) is 0.333. The fourth-order valence-corrected chi connectivity index (χ4v) is 3.61. The number of carbonyl (C=O) groups excluding carboxylic acids is 2. The summed E-state index contributed by atoms with van der Waals surface area (Å²) in [5.74, 6) is -0.896. The molecule has 0 radical (unpaired) electrons. The van der Waals surface area contributed by atoms with E-state index in [1.807, 2.05) is 41.8 Å². The molecular weight excluding hydrogens is 374 g/mol. The molecule has 0 unspecified atom stereocenters. The summed E-state index contributed by atoms with van der Waals surface area (Å²) in [5, 5.41) is 4.67. The number of amides is 1. The number of rotatable bonds is 7. The predicted molar refractivity (Wildman–Crippen MR) is 114 cm³/mol. The summed E-state index contributed by atoms with van der Waals surface area (Å²) in [6.45, 7) is 7.12. The van der Waals surface area contributed by atoms with E-state index in [1.165, 1.54) is 17.4 Å². The Morgan fingerprint density at radius 3 is 2.54 bits per heavy atom. The maximum absolute atomic E-state index is 12.0. The van der Waals surface area contributed by atoms with Crippen LogP contribution in [0.4, 0.5) is 11.4 Å². The van der Waals surface area contributed by atoms with Crippen LogP contribution in [0.3, 0.4) is 0 Å². The van der Waals surface area contributed by atoms with Gasteiger partial charge in [-0.3, -0.25) is 4.79 Å². The van der Waals surface area contributed by atoms with Crippen molar-refractivity contribution in [2.45, 2.75) is 6.92 Å². The highest BCUT2D eigenvalue weighted by Crippen LogP contribution is 2.19. The first-order valence-electron chi connectivity index (χ1n) is 9.39. The van der Waals surface area contributed by atoms with Crippen LogP contribution in [0, 0.1) is 0 Å². The van der Waals surface area contributed by atoms with Gasteiger partial charge in [0.05, 0.1) is 0 Å². The zero-order chi connectivity index (χ0) is 19.8. The minimum Gasteiger partial charge on any atom is -0.452 e. The number of anilines is 2. The lowest BCUT2D eigenvalue weighted by atomic mass is 10.2. The zero-order valence-electron chi connectivity index (χ0n) is 16.0. The largest absolute Gasteiger partial charge is 0.452 e. The van der Waals surface area contributed by atoms with Crippen molar-refractivity contribution in [2.24, 2.45) is 0 Å². The Balaban J connectivity index is 1.42. The number of nitrogens with one attached hydrogen (secondary N) is 1. The molecular formula is C21H25N3O3S. The van der Waals surface area contributed by atoms with Gasteiger partial charge in [0.1, 0.15) is 0 Å². The molecule has 2 aromatic rings. The molecule has 1 aliphatic rings. The number of hydrogen-bond donors (Lipinski definition) is 1. The molecule has 7 heteroatoms. The number of nitrogens with zero attached hydrogens (tertiary/aromatic N) is 2. The second-order valence-electron chi connectivity index (χ2n) is 6.47. The average molecular weight is 400 g/mol. The standard InChI is InChI=1S/C21H25N3O3S/c1-2-23-11-13-24(14-12-23)18-7-5-17(6-8-18)22-20(25)16-27-21(26)10-9-19-4-3-15-28-19/h3-10,15H,2,11-14,16H2,1H3,(H,22,25)/b10-9+. The minimum absolute atomic E-state index is 0.311. The van der Waals surface area contributed by atoms with Crippen LogP contribution >= 0.6 is 11.3 Å². The molecule has 1 saturated heterocycles. The van der Waals surface area contributed by atoms with Crippen LogP contribution in [0.15, 0.2) is 47.9 Å². The van der Waals surface area contributed by atoms with Gasteiger partial charge in [-0.05, 0) is 48.3 Å². The lowest BCUT2D eigenvalue weighted by molar-refractivity contribution is -0.142. The SMILES string of the molecule is CCN1CCN(c2ccc(NC(=O)COC(=O)/C=C/c3cccs3)cc2)CC1. The Kier molecular flexibility index (Phi) is 7.22. The van der Waals surface area contributed by atoms with Gasteiger partial charge in [0.2, 0.25) is 0 Å². The van der Waals surface area contributed by atoms with E-state index in [9.17, 15) is 9.59 Å². The lowest BCUT2D eigenvalue weighted by Gasteiger charge is -2.35. The highest BCUT2D eigenvalue weighted by Gasteiger charge is 2.15. The van der Waals surface area contributed by atoms with Crippen molar-refractivity contribution in [3.8, 4) is 0 Å². The maximum atomic E-state index is 12.0. The van der Waals surface area contributed by atoms with Crippen molar-refractivity contribution in [3.05, 3.63) is 52.7 Å². The second-order valence-corrected chi connectivity index (χ2v) is 7.45. The highest BCUT2D eigenvalue weighted by atomic mass is 32.1. The van der Waals surface area contributed by atoms with Crippen LogP contribution in [0.25, 0.3) is 6.08 Å². The van der Waals surface area contributed by atoms with Gasteiger partial charge in [0.15, 0.2) is 6.61 Å². The van der Waals surface area contributed by atoms with E-state index in [1.54, 1.807) is 6.08 Å². The number of carbonyl (C=O) groups is 2. The van der Waals surface area contributed by atoms with Crippen molar-refractivity contribution in [2.75, 3.05) is 49.5 Å². The van der Waals surface area contributed by atoms with Gasteiger partial charge in [0.25, 0.3) is 5.91 Å². The molecule has 3 rings (SSSR count). The van der Waals surface area contributed by atoms with Gasteiger partial charge in [-0.15, -0.1) is 11.3 Å². The van der Waals surface area contributed by atoms with Crippen LogP contribution in [0.1, 0.15) is 11.8 Å². The van der Waals surface area contributed by atoms with Gasteiger partial charge >= 0.3 is 5.97 Å². The van der Waals surface area contributed by atoms with E-state index in [-0.39, 0.29) is 12.5 Å². The van der Waals surface area contributed by atoms with E-state index in [2.05, 4.69) is 22.0 Å². The molecule has 0 saturated carbocycles. The molecule has 1 aromatic carbocycles. The molecule has 148 valence electrons. The molecule has 28 heavy (non-hydrogen) atoms. The van der Waals surface area contributed by atoms with E-state index in [4.69, 9.17) is 4.74 Å². The number of benzene rings is 1. The molecule has 1 aromatic heterocycles. The predicted octanol–water partition coefficient (Wildman–Crippen LogP) is 3.09. The summed E-state index contributed by atoms with van der Waals surface area (Å²) >= 11 is 1.52. The molecule has 1 aliphatic heterocycles. The van der Waals surface area contributed by atoms with E-state index >= 15 is 0 Å². The van der Waals surface area contributed by atoms with Crippen LogP contribution < -0.4 is 10.2 Å². The Labute approximate surface area is 169 Å². The monoisotopic (exact) mass is 399 g/mol. The summed E-state index contributed by atoms with van der Waals surface area (Å²) in [5.41, 5.74) is 1.84. The van der Waals surface area contributed by atoms with Crippen LogP contribution in [-0.2, 0) is 14.3 Å². The fourth-order valence-electron chi connectivity index (χ4n) is 3.00. The quantitative estimate of drug-likeness (QED) is 0.573. The first kappa shape index (κ1) is 20.1. The Bertz CT molecular complexity index is 795. The third kappa shape index (κ3) is 5.94. The van der Waals surface area contributed by atoms with E-state index in [0.29, 0.717) is 5.69 Å². The van der Waals surface area contributed by atoms with Gasteiger partial charge in [0, 0.05) is 48.5 Å². The molecule has 0 aliphatic carbocycles. The van der Waals surface area contributed by atoms with Gasteiger partial charge < -0.3 is 19.9 Å². The summed E-state index contributed by atoms with van der Waals surface area (Å²) in [6, 6.07) is 11.6. The van der Waals surface area contributed by atoms with Crippen molar-refractivity contribution in [3.63, 3.8) is 0 Å². The summed E-state index contributed by atoms with van der Waals surface area (Å²) in [7, 11) is 0. The zero-order valence-corrected chi connectivity index (χ0v) is 16.8. The highest BCUT2D eigenvalue weighted by molar-refractivity contribution is 7.10. The number of thiophene rings is 1. The van der Waals surface area contributed by atoms with Crippen LogP contribution in [0.5, 0.6) is 0 Å². The molecule has 1 amide bonds. The topological polar surface area (TPSA) is 61.9 Å². The molecule has 0 spiro atoms. The third-order valence-electron chi connectivity index (χ3n) is 4.61. The Morgan fingerprint density at radius 1 is 1.14 bits per heavy atom. The molecule has 0 bridgehead atoms. The maximum Gasteiger partial charge on any atom is 0.331 e. The molecule has 0 atom stereocenters. The van der Waals surface area contributed by atoms with Crippen molar-refractivity contribution in [1.82, 2.24) is 4.90 Å². The summed E-state index contributed by atoms with van der Waals surface area (Å²) < 4.78 is 4.97. The lowest BCUT2D eigenvalue weighted by Crippen LogP contribution is -2.46. The van der Waals surface area contributed by atoms with Gasteiger partial charge in [-0.25, -0.2) is 4.79 Å². The molecule has 6 nitrogen and oxygen atoms in total. The van der Waals surface area contributed by atoms with Crippen LogP contribution in [-0.4, -0.2) is 56.1 Å². The first-order valence-corrected chi connectivity index (χ1v) is 10.3. The number of piperazine rings is 1. The molecule has 1 fully saturated rings. The van der Waals surface area contributed by atoms with Gasteiger partial charge in [-0.2, -0.15) is 0 Å². The number of ether oxygens (including phenoxy) is 1. The third-order valence-corrected chi connectivity index (χ3v) is 5.45. The first-order chi connectivity index (χ1) is 13.6. The van der Waals surface area contributed by atoms with Crippen LogP contribution in [0.2, 0.25) is 0 Å². The number of hydrogen-bond acceptors (Lipinski definition) is 6. The summed E-state index contributed by atoms with van der Waals surface area (Å²) in [4.78, 5) is 29.4. The van der Waals surface area contributed by atoms with E-state index < -0.39 is 5.97 Å². The Morgan fingerprint density at radius 2 is 1.89 bits per heavy atom.